The molecule has 3 aromatic rings. The molecule has 2 N–H and O–H groups in total. The number of aromatic nitrogens is 3. The maximum atomic E-state index is 13.8. The van der Waals surface area contributed by atoms with Gasteiger partial charge in [0.25, 0.3) is 0 Å². The molecule has 0 saturated heterocycles. The van der Waals surface area contributed by atoms with Gasteiger partial charge in [-0.05, 0) is 18.2 Å². The van der Waals surface area contributed by atoms with Gasteiger partial charge < -0.3 is 24.7 Å². The largest absolute Gasteiger partial charge is 0.475 e. The lowest BCUT2D eigenvalue weighted by molar-refractivity contribution is 0.144. The molecule has 8 nitrogen and oxygen atoms in total. The molecule has 148 valence electrons. The number of para-hydroxylation sites is 1. The van der Waals surface area contributed by atoms with Crippen molar-refractivity contribution in [3.8, 4) is 5.88 Å². The van der Waals surface area contributed by atoms with Crippen molar-refractivity contribution in [3.05, 3.63) is 48.2 Å². The van der Waals surface area contributed by atoms with Crippen LogP contribution in [0.25, 0.3) is 11.0 Å². The van der Waals surface area contributed by atoms with E-state index in [0.29, 0.717) is 49.1 Å². The van der Waals surface area contributed by atoms with E-state index in [1.165, 1.54) is 12.3 Å². The molecule has 0 aliphatic carbocycles. The fourth-order valence-electron chi connectivity index (χ4n) is 2.68. The fraction of sp³-hybridized carbons (Fsp3) is 0.316. The second kappa shape index (κ2) is 9.14. The summed E-state index contributed by atoms with van der Waals surface area (Å²) in [4.78, 5) is 20.4. The van der Waals surface area contributed by atoms with E-state index in [0.717, 1.165) is 5.52 Å². The summed E-state index contributed by atoms with van der Waals surface area (Å²) in [6.07, 6.45) is 1.98. The molecule has 1 aromatic carbocycles. The quantitative estimate of drug-likeness (QED) is 0.580. The molecule has 2 heterocycles. The zero-order chi connectivity index (χ0) is 19.9. The minimum Gasteiger partial charge on any atom is -0.475 e. The molecule has 3 rings (SSSR count). The van der Waals surface area contributed by atoms with Gasteiger partial charge in [0.05, 0.1) is 24.0 Å². The Balaban J connectivity index is 1.48. The Morgan fingerprint density at radius 1 is 1.25 bits per heavy atom. The summed E-state index contributed by atoms with van der Waals surface area (Å²) in [5.74, 6) is 0.795. The molecule has 0 aliphatic rings. The lowest BCUT2D eigenvalue weighted by Crippen LogP contribution is -2.30. The first-order chi connectivity index (χ1) is 13.6. The molecular formula is C19H22FN5O3. The number of aryl methyl sites for hydroxylation is 1. The van der Waals surface area contributed by atoms with Crippen LogP contribution >= 0.6 is 0 Å². The normalized spacial score (nSPS) is 10.8. The van der Waals surface area contributed by atoms with Crippen LogP contribution in [0.3, 0.4) is 0 Å². The number of ether oxygens (including phenoxy) is 2. The van der Waals surface area contributed by atoms with Crippen molar-refractivity contribution < 1.29 is 18.7 Å². The molecule has 0 radical (unpaired) electrons. The van der Waals surface area contributed by atoms with Crippen LogP contribution in [0.5, 0.6) is 5.88 Å². The molecular weight excluding hydrogens is 365 g/mol. The zero-order valence-electron chi connectivity index (χ0n) is 15.7. The number of fused-ring (bicyclic) bond motifs is 1. The first-order valence-electron chi connectivity index (χ1n) is 8.81. The number of amides is 2. The lowest BCUT2D eigenvalue weighted by Gasteiger charge is -2.09. The summed E-state index contributed by atoms with van der Waals surface area (Å²) in [6, 6.07) is 7.84. The summed E-state index contributed by atoms with van der Waals surface area (Å²) in [5, 5.41) is 5.44. The number of nitrogens with one attached hydrogen (secondary N) is 2. The number of nitrogens with zero attached hydrogens (tertiary/aromatic N) is 3. The standard InChI is InChI=1S/C19H22FN5O3/c1-25-15-5-3-4-14(20)18(15)24-16(25)8-9-21-19(26)23-13-6-7-17(22-12-13)28-11-10-27-2/h3-7,12H,8-11H2,1-2H3,(H2,21,23,26). The number of imidazole rings is 1. The van der Waals surface area contributed by atoms with E-state index in [9.17, 15) is 9.18 Å². The van der Waals surface area contributed by atoms with Crippen LogP contribution in [0.2, 0.25) is 0 Å². The highest BCUT2D eigenvalue weighted by Crippen LogP contribution is 2.18. The van der Waals surface area contributed by atoms with Crippen molar-refractivity contribution in [2.75, 3.05) is 32.2 Å². The first-order valence-corrected chi connectivity index (χ1v) is 8.81. The highest BCUT2D eigenvalue weighted by molar-refractivity contribution is 5.89. The first kappa shape index (κ1) is 19.6. The number of pyridine rings is 1. The van der Waals surface area contributed by atoms with E-state index in [4.69, 9.17) is 9.47 Å². The molecule has 2 aromatic heterocycles. The van der Waals surface area contributed by atoms with Crippen LogP contribution < -0.4 is 15.4 Å². The third-order valence-corrected chi connectivity index (χ3v) is 4.12. The Bertz CT molecular complexity index is 943. The molecule has 0 bridgehead atoms. The van der Waals surface area contributed by atoms with Gasteiger partial charge >= 0.3 is 6.03 Å². The van der Waals surface area contributed by atoms with Gasteiger partial charge in [-0.15, -0.1) is 0 Å². The molecule has 2 amide bonds. The molecule has 28 heavy (non-hydrogen) atoms. The van der Waals surface area contributed by atoms with Gasteiger partial charge in [0, 0.05) is 33.2 Å². The third-order valence-electron chi connectivity index (χ3n) is 4.12. The van der Waals surface area contributed by atoms with E-state index in [-0.39, 0.29) is 11.8 Å². The van der Waals surface area contributed by atoms with Crippen LogP contribution in [0.15, 0.2) is 36.5 Å². The fourth-order valence-corrected chi connectivity index (χ4v) is 2.68. The number of methoxy groups -OCH3 is 1. The molecule has 0 saturated carbocycles. The van der Waals surface area contributed by atoms with E-state index < -0.39 is 0 Å². The van der Waals surface area contributed by atoms with Crippen LogP contribution in [0.4, 0.5) is 14.9 Å². The Labute approximate surface area is 161 Å². The van der Waals surface area contributed by atoms with Crippen molar-refractivity contribution in [1.29, 1.82) is 0 Å². The second-order valence-corrected chi connectivity index (χ2v) is 6.05. The predicted molar refractivity (Wildman–Crippen MR) is 103 cm³/mol. The van der Waals surface area contributed by atoms with Crippen molar-refractivity contribution in [2.45, 2.75) is 6.42 Å². The topological polar surface area (TPSA) is 90.3 Å². The zero-order valence-corrected chi connectivity index (χ0v) is 15.7. The number of hydrogen-bond acceptors (Lipinski definition) is 5. The summed E-state index contributed by atoms with van der Waals surface area (Å²) in [6.45, 7) is 1.24. The number of urea groups is 1. The summed E-state index contributed by atoms with van der Waals surface area (Å²) in [7, 11) is 3.42. The third kappa shape index (κ3) is 4.74. The highest BCUT2D eigenvalue weighted by Gasteiger charge is 2.11. The van der Waals surface area contributed by atoms with Crippen LogP contribution in [-0.4, -0.2) is 47.4 Å². The Morgan fingerprint density at radius 3 is 2.82 bits per heavy atom. The molecule has 0 aliphatic heterocycles. The number of rotatable bonds is 8. The van der Waals surface area contributed by atoms with Crippen molar-refractivity contribution >= 4 is 22.8 Å². The number of carbonyl (C=O) groups excluding carboxylic acids is 1. The Kier molecular flexibility index (Phi) is 6.38. The summed E-state index contributed by atoms with van der Waals surface area (Å²) >= 11 is 0. The van der Waals surface area contributed by atoms with Gasteiger partial charge in [0.15, 0.2) is 5.82 Å². The number of hydrogen-bond donors (Lipinski definition) is 2. The van der Waals surface area contributed by atoms with Gasteiger partial charge in [-0.3, -0.25) is 0 Å². The monoisotopic (exact) mass is 387 g/mol. The molecule has 0 spiro atoms. The van der Waals surface area contributed by atoms with Gasteiger partial charge in [-0.1, -0.05) is 6.07 Å². The average Bonchev–Trinajstić information content (AvgIpc) is 3.01. The Hall–Kier alpha value is -3.20. The van der Waals surface area contributed by atoms with Crippen LogP contribution in [0, 0.1) is 5.82 Å². The van der Waals surface area contributed by atoms with Gasteiger partial charge in [-0.25, -0.2) is 19.2 Å². The molecule has 0 fully saturated rings. The summed E-state index contributed by atoms with van der Waals surface area (Å²) in [5.41, 5.74) is 1.60. The number of carbonyl (C=O) groups is 1. The average molecular weight is 387 g/mol. The van der Waals surface area contributed by atoms with Gasteiger partial charge in [0.2, 0.25) is 5.88 Å². The predicted octanol–water partition coefficient (Wildman–Crippen LogP) is 2.50. The Morgan fingerprint density at radius 2 is 2.11 bits per heavy atom. The lowest BCUT2D eigenvalue weighted by atomic mass is 10.3. The SMILES string of the molecule is COCCOc1ccc(NC(=O)NCCc2nc3c(F)cccc3n2C)cn1. The van der Waals surface area contributed by atoms with Gasteiger partial charge in [-0.2, -0.15) is 0 Å². The van der Waals surface area contributed by atoms with E-state index in [2.05, 4.69) is 20.6 Å². The second-order valence-electron chi connectivity index (χ2n) is 6.05. The maximum absolute atomic E-state index is 13.8. The van der Waals surface area contributed by atoms with Crippen LogP contribution in [0.1, 0.15) is 5.82 Å². The van der Waals surface area contributed by atoms with E-state index in [1.807, 2.05) is 17.7 Å². The smallest absolute Gasteiger partial charge is 0.319 e. The van der Waals surface area contributed by atoms with Crippen molar-refractivity contribution in [1.82, 2.24) is 19.9 Å². The van der Waals surface area contributed by atoms with E-state index >= 15 is 0 Å². The minimum atomic E-state index is -0.361. The van der Waals surface area contributed by atoms with Crippen molar-refractivity contribution in [2.24, 2.45) is 7.05 Å². The number of anilines is 1. The minimum absolute atomic E-state index is 0.336. The van der Waals surface area contributed by atoms with Crippen LogP contribution in [-0.2, 0) is 18.2 Å². The number of halogens is 1. The highest BCUT2D eigenvalue weighted by atomic mass is 19.1. The van der Waals surface area contributed by atoms with Crippen molar-refractivity contribution in [3.63, 3.8) is 0 Å². The van der Waals surface area contributed by atoms with E-state index in [1.54, 1.807) is 25.3 Å². The molecule has 0 unspecified atom stereocenters. The summed E-state index contributed by atoms with van der Waals surface area (Å²) < 4.78 is 25.9. The molecule has 0 atom stereocenters. The maximum Gasteiger partial charge on any atom is 0.319 e. The number of benzene rings is 1. The van der Waals surface area contributed by atoms with Gasteiger partial charge in [0.1, 0.15) is 17.9 Å². The molecule has 9 heteroatoms.